The van der Waals surface area contributed by atoms with Crippen LogP contribution in [0.1, 0.15) is 19.3 Å². The fraction of sp³-hybridized carbons (Fsp3) is 0.364. The van der Waals surface area contributed by atoms with Crippen LogP contribution in [0.5, 0.6) is 0 Å². The molecular formula is C11H13BrN2O. The van der Waals surface area contributed by atoms with E-state index in [0.717, 1.165) is 41.8 Å². The minimum atomic E-state index is 0.767. The summed E-state index contributed by atoms with van der Waals surface area (Å²) >= 11 is 3.40. The molecule has 1 aliphatic rings. The van der Waals surface area contributed by atoms with Crippen LogP contribution in [0.3, 0.4) is 0 Å². The Hall–Kier alpha value is -1.03. The standard InChI is InChI=1S/C11H13BrN2O/c12-9-4-6-10(7-5-9)14-8-2-1-3-11(14)13-15/h4-7,15H,1-3,8H2/b13-11+. The van der Waals surface area contributed by atoms with E-state index in [2.05, 4.69) is 26.0 Å². The average molecular weight is 269 g/mol. The van der Waals surface area contributed by atoms with Crippen molar-refractivity contribution in [3.8, 4) is 0 Å². The number of nitrogens with zero attached hydrogens (tertiary/aromatic N) is 2. The highest BCUT2D eigenvalue weighted by Gasteiger charge is 2.18. The maximum Gasteiger partial charge on any atom is 0.148 e. The summed E-state index contributed by atoms with van der Waals surface area (Å²) in [6, 6.07) is 8.05. The van der Waals surface area contributed by atoms with Crippen molar-refractivity contribution >= 4 is 27.5 Å². The van der Waals surface area contributed by atoms with Crippen LogP contribution in [0.25, 0.3) is 0 Å². The van der Waals surface area contributed by atoms with Gasteiger partial charge in [-0.15, -0.1) is 0 Å². The minimum Gasteiger partial charge on any atom is -0.409 e. The number of piperidine rings is 1. The number of anilines is 1. The molecule has 1 heterocycles. The SMILES string of the molecule is O/N=C1\CCCCN1c1ccc(Br)cc1. The highest BCUT2D eigenvalue weighted by molar-refractivity contribution is 9.10. The third-order valence-electron chi connectivity index (χ3n) is 2.60. The van der Waals surface area contributed by atoms with Gasteiger partial charge < -0.3 is 10.1 Å². The lowest BCUT2D eigenvalue weighted by Crippen LogP contribution is -2.35. The maximum absolute atomic E-state index is 8.91. The molecule has 0 aromatic heterocycles. The molecule has 1 N–H and O–H groups in total. The van der Waals surface area contributed by atoms with Gasteiger partial charge in [-0.2, -0.15) is 0 Å². The quantitative estimate of drug-likeness (QED) is 0.627. The first-order chi connectivity index (χ1) is 7.31. The van der Waals surface area contributed by atoms with Gasteiger partial charge >= 0.3 is 0 Å². The van der Waals surface area contributed by atoms with Crippen molar-refractivity contribution in [3.63, 3.8) is 0 Å². The molecule has 1 saturated heterocycles. The molecule has 1 fully saturated rings. The normalized spacial score (nSPS) is 19.5. The Labute approximate surface area is 97.5 Å². The van der Waals surface area contributed by atoms with E-state index < -0.39 is 0 Å². The molecule has 3 nitrogen and oxygen atoms in total. The van der Waals surface area contributed by atoms with Crippen LogP contribution in [0.2, 0.25) is 0 Å². The molecule has 4 heteroatoms. The molecule has 0 aliphatic carbocycles. The molecule has 15 heavy (non-hydrogen) atoms. The van der Waals surface area contributed by atoms with E-state index in [1.807, 2.05) is 24.3 Å². The summed E-state index contributed by atoms with van der Waals surface area (Å²) in [4.78, 5) is 2.07. The summed E-state index contributed by atoms with van der Waals surface area (Å²) in [7, 11) is 0. The van der Waals surface area contributed by atoms with Gasteiger partial charge in [-0.05, 0) is 37.1 Å². The number of oxime groups is 1. The van der Waals surface area contributed by atoms with Crippen LogP contribution in [-0.2, 0) is 0 Å². The van der Waals surface area contributed by atoms with Gasteiger partial charge in [-0.1, -0.05) is 21.1 Å². The Balaban J connectivity index is 2.24. The smallest absolute Gasteiger partial charge is 0.148 e. The topological polar surface area (TPSA) is 35.8 Å². The average Bonchev–Trinajstić information content (AvgIpc) is 2.30. The third-order valence-corrected chi connectivity index (χ3v) is 3.13. The second-order valence-corrected chi connectivity index (χ2v) is 4.52. The first-order valence-corrected chi connectivity index (χ1v) is 5.84. The van der Waals surface area contributed by atoms with E-state index in [1.165, 1.54) is 0 Å². The lowest BCUT2D eigenvalue weighted by atomic mass is 10.1. The molecule has 0 atom stereocenters. The van der Waals surface area contributed by atoms with E-state index >= 15 is 0 Å². The van der Waals surface area contributed by atoms with Gasteiger partial charge in [0, 0.05) is 23.1 Å². The van der Waals surface area contributed by atoms with Gasteiger partial charge in [0.15, 0.2) is 0 Å². The van der Waals surface area contributed by atoms with Crippen molar-refractivity contribution in [2.24, 2.45) is 5.16 Å². The molecule has 2 rings (SSSR count). The highest BCUT2D eigenvalue weighted by atomic mass is 79.9. The second-order valence-electron chi connectivity index (χ2n) is 3.60. The zero-order chi connectivity index (χ0) is 10.7. The number of rotatable bonds is 1. The molecule has 0 spiro atoms. The van der Waals surface area contributed by atoms with Crippen molar-refractivity contribution in [2.45, 2.75) is 19.3 Å². The molecule has 0 unspecified atom stereocenters. The van der Waals surface area contributed by atoms with Gasteiger partial charge in [-0.3, -0.25) is 0 Å². The molecule has 0 amide bonds. The highest BCUT2D eigenvalue weighted by Crippen LogP contribution is 2.23. The summed E-state index contributed by atoms with van der Waals surface area (Å²) in [6.07, 6.45) is 3.11. The Morgan fingerprint density at radius 1 is 1.20 bits per heavy atom. The monoisotopic (exact) mass is 268 g/mol. The molecule has 1 aromatic rings. The summed E-state index contributed by atoms with van der Waals surface area (Å²) < 4.78 is 1.06. The van der Waals surface area contributed by atoms with Crippen LogP contribution < -0.4 is 4.90 Å². The van der Waals surface area contributed by atoms with Gasteiger partial charge in [0.05, 0.1) is 0 Å². The number of hydrogen-bond acceptors (Lipinski definition) is 2. The Kier molecular flexibility index (Phi) is 3.26. The molecule has 1 aliphatic heterocycles. The van der Waals surface area contributed by atoms with Crippen molar-refractivity contribution in [1.82, 2.24) is 0 Å². The fourth-order valence-electron chi connectivity index (χ4n) is 1.82. The summed E-state index contributed by atoms with van der Waals surface area (Å²) in [5.74, 6) is 0.767. The molecule has 0 radical (unpaired) electrons. The lowest BCUT2D eigenvalue weighted by molar-refractivity contribution is 0.315. The predicted octanol–water partition coefficient (Wildman–Crippen LogP) is 3.23. The largest absolute Gasteiger partial charge is 0.409 e. The van der Waals surface area contributed by atoms with Crippen LogP contribution in [0.15, 0.2) is 33.9 Å². The van der Waals surface area contributed by atoms with E-state index in [1.54, 1.807) is 0 Å². The van der Waals surface area contributed by atoms with Crippen LogP contribution in [0, 0.1) is 0 Å². The van der Waals surface area contributed by atoms with Gasteiger partial charge in [0.25, 0.3) is 0 Å². The first kappa shape index (κ1) is 10.5. The minimum absolute atomic E-state index is 0.767. The zero-order valence-corrected chi connectivity index (χ0v) is 9.94. The number of hydrogen-bond donors (Lipinski definition) is 1. The summed E-state index contributed by atoms with van der Waals surface area (Å²) in [6.45, 7) is 0.932. The molecule has 0 saturated carbocycles. The molecular weight excluding hydrogens is 256 g/mol. The van der Waals surface area contributed by atoms with Crippen molar-refractivity contribution < 1.29 is 5.21 Å². The molecule has 0 bridgehead atoms. The van der Waals surface area contributed by atoms with Gasteiger partial charge in [-0.25, -0.2) is 0 Å². The fourth-order valence-corrected chi connectivity index (χ4v) is 2.08. The summed E-state index contributed by atoms with van der Waals surface area (Å²) in [5.41, 5.74) is 1.09. The molecule has 80 valence electrons. The van der Waals surface area contributed by atoms with Crippen molar-refractivity contribution in [3.05, 3.63) is 28.7 Å². The Morgan fingerprint density at radius 3 is 2.60 bits per heavy atom. The first-order valence-electron chi connectivity index (χ1n) is 5.05. The Morgan fingerprint density at radius 2 is 1.93 bits per heavy atom. The van der Waals surface area contributed by atoms with E-state index in [0.29, 0.717) is 0 Å². The van der Waals surface area contributed by atoms with Gasteiger partial charge in [0.2, 0.25) is 0 Å². The van der Waals surface area contributed by atoms with Crippen molar-refractivity contribution in [1.29, 1.82) is 0 Å². The predicted molar refractivity (Wildman–Crippen MR) is 64.6 cm³/mol. The van der Waals surface area contributed by atoms with Crippen LogP contribution in [-0.4, -0.2) is 17.6 Å². The number of amidine groups is 1. The van der Waals surface area contributed by atoms with Gasteiger partial charge in [0.1, 0.15) is 5.84 Å². The Bertz CT molecular complexity index is 361. The van der Waals surface area contributed by atoms with E-state index in [4.69, 9.17) is 5.21 Å². The number of benzene rings is 1. The maximum atomic E-state index is 8.91. The van der Waals surface area contributed by atoms with Crippen molar-refractivity contribution in [2.75, 3.05) is 11.4 Å². The number of halogens is 1. The lowest BCUT2D eigenvalue weighted by Gasteiger charge is -2.29. The third kappa shape index (κ3) is 2.31. The zero-order valence-electron chi connectivity index (χ0n) is 8.36. The molecule has 1 aromatic carbocycles. The van der Waals surface area contributed by atoms with Crippen LogP contribution >= 0.6 is 15.9 Å². The van der Waals surface area contributed by atoms with Crippen LogP contribution in [0.4, 0.5) is 5.69 Å². The van der Waals surface area contributed by atoms with E-state index in [-0.39, 0.29) is 0 Å². The van der Waals surface area contributed by atoms with E-state index in [9.17, 15) is 0 Å². The second kappa shape index (κ2) is 4.66. The summed E-state index contributed by atoms with van der Waals surface area (Å²) in [5, 5.41) is 12.3.